The van der Waals surface area contributed by atoms with Gasteiger partial charge in [0.1, 0.15) is 40.0 Å². The van der Waals surface area contributed by atoms with Crippen LogP contribution in [0.25, 0.3) is 16.8 Å². The molecule has 2 aliphatic heterocycles. The van der Waals surface area contributed by atoms with Crippen molar-refractivity contribution in [2.24, 2.45) is 0 Å². The number of hydrogen-bond donors (Lipinski definition) is 5. The molecule has 2 aliphatic rings. The Balaban J connectivity index is 1.98. The monoisotopic (exact) mass is 410 g/mol. The van der Waals surface area contributed by atoms with Crippen LogP contribution in [-0.2, 0) is 4.74 Å². The first-order chi connectivity index (χ1) is 12.8. The maximum atomic E-state index is 10.8. The minimum Gasteiger partial charge on any atom is -0.507 e. The highest BCUT2D eigenvalue weighted by Crippen LogP contribution is 2.42. The number of nitrogens with one attached hydrogen (secondary N) is 1. The summed E-state index contributed by atoms with van der Waals surface area (Å²) in [5.74, 6) is 0.354. The van der Waals surface area contributed by atoms with E-state index in [1.807, 2.05) is 6.26 Å². The highest BCUT2D eigenvalue weighted by Gasteiger charge is 2.53. The molecule has 1 fully saturated rings. The second-order valence-electron chi connectivity index (χ2n) is 6.61. The highest BCUT2D eigenvalue weighted by molar-refractivity contribution is 7.98. The normalized spacial score (nSPS) is 30.3. The Morgan fingerprint density at radius 1 is 1.44 bits per heavy atom. The van der Waals surface area contributed by atoms with Gasteiger partial charge in [-0.2, -0.15) is 0 Å². The van der Waals surface area contributed by atoms with Crippen molar-refractivity contribution in [1.29, 1.82) is 0 Å². The molecular formula is C16H18N4O5S2. The fraction of sp³-hybridized carbons (Fsp3) is 0.438. The standard InChI is InChI=1S/C16H18N4O5S2/c1-16(24)11(23)8(5-21)25-14(16)20-4-6-7(22)3-9(26)17-12-10(6)13(20)19-15(18-12)27-2/h3-4,8,11,14,21-24H,5H2,1-2H3,(H,17,18,19,26)/t8-,11-,14?,16?/m1/s1. The van der Waals surface area contributed by atoms with Gasteiger partial charge in [0.25, 0.3) is 0 Å². The summed E-state index contributed by atoms with van der Waals surface area (Å²) in [6.45, 7) is 0.979. The minimum atomic E-state index is -1.69. The summed E-state index contributed by atoms with van der Waals surface area (Å²) >= 11 is 6.51. The summed E-state index contributed by atoms with van der Waals surface area (Å²) in [5, 5.41) is 45.0. The van der Waals surface area contributed by atoms with Crippen molar-refractivity contribution in [2.45, 2.75) is 36.1 Å². The average molecular weight is 410 g/mol. The first-order valence-electron chi connectivity index (χ1n) is 8.13. The number of thiocarbonyl (C=S) groups is 1. The smallest absolute Gasteiger partial charge is 0.191 e. The third-order valence-corrected chi connectivity index (χ3v) is 5.57. The van der Waals surface area contributed by atoms with Crippen LogP contribution < -0.4 is 5.32 Å². The van der Waals surface area contributed by atoms with Crippen LogP contribution in [0, 0.1) is 0 Å². The van der Waals surface area contributed by atoms with Gasteiger partial charge in [0.05, 0.1) is 12.0 Å². The molecule has 2 aromatic heterocycles. The summed E-state index contributed by atoms with van der Waals surface area (Å²) in [7, 11) is 0. The van der Waals surface area contributed by atoms with E-state index in [1.165, 1.54) is 29.3 Å². The maximum Gasteiger partial charge on any atom is 0.191 e. The number of aliphatic hydroxyl groups is 4. The number of aliphatic hydroxyl groups excluding tert-OH is 3. The molecule has 4 rings (SSSR count). The molecule has 1 saturated heterocycles. The van der Waals surface area contributed by atoms with Crippen LogP contribution in [0.1, 0.15) is 18.7 Å². The zero-order valence-corrected chi connectivity index (χ0v) is 16.1. The topological polar surface area (TPSA) is 133 Å². The molecule has 0 spiro atoms. The van der Waals surface area contributed by atoms with Crippen LogP contribution >= 0.6 is 24.0 Å². The van der Waals surface area contributed by atoms with Crippen LogP contribution in [-0.4, -0.2) is 70.6 Å². The van der Waals surface area contributed by atoms with E-state index in [2.05, 4.69) is 15.3 Å². The van der Waals surface area contributed by atoms with Gasteiger partial charge in [-0.3, -0.25) is 0 Å². The van der Waals surface area contributed by atoms with Gasteiger partial charge < -0.3 is 35.0 Å². The van der Waals surface area contributed by atoms with Crippen LogP contribution in [0.15, 0.2) is 17.4 Å². The molecule has 0 aromatic carbocycles. The number of ether oxygens (including phenoxy) is 1. The predicted octanol–water partition coefficient (Wildman–Crippen LogP) is 0.807. The molecule has 0 saturated carbocycles. The van der Waals surface area contributed by atoms with Crippen LogP contribution in [0.2, 0.25) is 0 Å². The predicted molar refractivity (Wildman–Crippen MR) is 104 cm³/mol. The van der Waals surface area contributed by atoms with Crippen LogP contribution in [0.5, 0.6) is 0 Å². The quantitative estimate of drug-likeness (QED) is 0.281. The molecule has 27 heavy (non-hydrogen) atoms. The van der Waals surface area contributed by atoms with Crippen LogP contribution in [0.3, 0.4) is 0 Å². The SMILES string of the molecule is CSc1nc2c3c(cn(C4O[C@H](CO)[C@@H](O)C4(C)O)c3n1)C(O)=CC(=S)N2. The summed E-state index contributed by atoms with van der Waals surface area (Å²) in [6, 6.07) is 0. The zero-order chi connectivity index (χ0) is 19.5. The molecule has 2 unspecified atom stereocenters. The Labute approximate surface area is 163 Å². The lowest BCUT2D eigenvalue weighted by atomic mass is 9.96. The Bertz CT molecular complexity index is 973. The van der Waals surface area contributed by atoms with Gasteiger partial charge in [-0.15, -0.1) is 0 Å². The molecule has 4 atom stereocenters. The van der Waals surface area contributed by atoms with E-state index in [1.54, 1.807) is 6.20 Å². The fourth-order valence-corrected chi connectivity index (χ4v) is 4.00. The Morgan fingerprint density at radius 2 is 2.19 bits per heavy atom. The van der Waals surface area contributed by atoms with E-state index in [4.69, 9.17) is 17.0 Å². The molecule has 11 heteroatoms. The van der Waals surface area contributed by atoms with E-state index < -0.39 is 30.6 Å². The number of thioether (sulfide) groups is 1. The molecule has 0 amide bonds. The Kier molecular flexibility index (Phi) is 4.41. The zero-order valence-electron chi connectivity index (χ0n) is 14.4. The summed E-state index contributed by atoms with van der Waals surface area (Å²) in [5.41, 5.74) is -0.873. The average Bonchev–Trinajstić information content (AvgIpc) is 3.06. The molecule has 0 aliphatic carbocycles. The lowest BCUT2D eigenvalue weighted by Crippen LogP contribution is -2.44. The third kappa shape index (κ3) is 2.73. The second-order valence-corrected chi connectivity index (χ2v) is 7.82. The molecule has 144 valence electrons. The molecule has 2 aromatic rings. The highest BCUT2D eigenvalue weighted by atomic mass is 32.2. The second kappa shape index (κ2) is 6.40. The number of aromatic nitrogens is 3. The number of nitrogens with zero attached hydrogens (tertiary/aromatic N) is 3. The van der Waals surface area contributed by atoms with Crippen LogP contribution in [0.4, 0.5) is 5.82 Å². The van der Waals surface area contributed by atoms with Crippen molar-refractivity contribution in [3.05, 3.63) is 17.8 Å². The van der Waals surface area contributed by atoms with E-state index >= 15 is 0 Å². The van der Waals surface area contributed by atoms with E-state index in [0.717, 1.165) is 0 Å². The minimum absolute atomic E-state index is 0.0765. The van der Waals surface area contributed by atoms with Crippen molar-refractivity contribution in [1.82, 2.24) is 14.5 Å². The van der Waals surface area contributed by atoms with E-state index in [9.17, 15) is 20.4 Å². The molecule has 5 N–H and O–H groups in total. The third-order valence-electron chi connectivity index (χ3n) is 4.81. The maximum absolute atomic E-state index is 10.8. The van der Waals surface area contributed by atoms with Crippen molar-refractivity contribution >= 4 is 51.6 Å². The number of anilines is 1. The van der Waals surface area contributed by atoms with Gasteiger partial charge in [0.2, 0.25) is 0 Å². The lowest BCUT2D eigenvalue weighted by Gasteiger charge is -2.27. The first-order valence-corrected chi connectivity index (χ1v) is 9.76. The lowest BCUT2D eigenvalue weighted by molar-refractivity contribution is -0.0948. The van der Waals surface area contributed by atoms with Gasteiger partial charge in [-0.1, -0.05) is 24.0 Å². The molecule has 0 bridgehead atoms. The van der Waals surface area contributed by atoms with Crippen molar-refractivity contribution in [3.8, 4) is 0 Å². The molecule has 9 nitrogen and oxygen atoms in total. The first kappa shape index (κ1) is 18.6. The largest absolute Gasteiger partial charge is 0.507 e. The summed E-state index contributed by atoms with van der Waals surface area (Å²) < 4.78 is 7.25. The van der Waals surface area contributed by atoms with E-state index in [-0.39, 0.29) is 5.76 Å². The van der Waals surface area contributed by atoms with Gasteiger partial charge in [0.15, 0.2) is 11.4 Å². The van der Waals surface area contributed by atoms with E-state index in [0.29, 0.717) is 32.6 Å². The van der Waals surface area contributed by atoms with Gasteiger partial charge in [-0.05, 0) is 13.2 Å². The Hall–Kier alpha value is -1.76. The van der Waals surface area contributed by atoms with Gasteiger partial charge in [0, 0.05) is 17.8 Å². The molecule has 4 heterocycles. The van der Waals surface area contributed by atoms with Crippen molar-refractivity contribution < 1.29 is 25.2 Å². The molecule has 0 radical (unpaired) electrons. The summed E-state index contributed by atoms with van der Waals surface area (Å²) in [6.07, 6.45) is 1.51. The fourth-order valence-electron chi connectivity index (χ4n) is 3.43. The van der Waals surface area contributed by atoms with Gasteiger partial charge >= 0.3 is 0 Å². The Morgan fingerprint density at radius 3 is 2.81 bits per heavy atom. The van der Waals surface area contributed by atoms with Gasteiger partial charge in [-0.25, -0.2) is 9.97 Å². The number of hydrogen-bond acceptors (Lipinski definition) is 9. The summed E-state index contributed by atoms with van der Waals surface area (Å²) in [4.78, 5) is 9.23. The molecular weight excluding hydrogens is 392 g/mol. The van der Waals surface area contributed by atoms with Crippen molar-refractivity contribution in [2.75, 3.05) is 18.2 Å². The number of rotatable bonds is 3. The van der Waals surface area contributed by atoms with Crippen molar-refractivity contribution in [3.63, 3.8) is 0 Å².